The van der Waals surface area contributed by atoms with Crippen LogP contribution < -0.4 is 10.1 Å². The van der Waals surface area contributed by atoms with Crippen LogP contribution in [0.1, 0.15) is 33.1 Å². The number of nitrogens with zero attached hydrogens (tertiary/aromatic N) is 1. The van der Waals surface area contributed by atoms with Gasteiger partial charge in [0.2, 0.25) is 0 Å². The Morgan fingerprint density at radius 3 is 2.75 bits per heavy atom. The lowest BCUT2D eigenvalue weighted by Crippen LogP contribution is -2.33. The molecule has 0 aromatic heterocycles. The zero-order chi connectivity index (χ0) is 14.7. The molecule has 0 bridgehead atoms. The second-order valence-electron chi connectivity index (χ2n) is 5.79. The molecule has 1 aliphatic carbocycles. The van der Waals surface area contributed by atoms with Crippen LogP contribution in [0.2, 0.25) is 0 Å². The van der Waals surface area contributed by atoms with Crippen LogP contribution in [0.3, 0.4) is 0 Å². The fourth-order valence-corrected chi connectivity index (χ4v) is 2.84. The van der Waals surface area contributed by atoms with Gasteiger partial charge < -0.3 is 10.1 Å². The van der Waals surface area contributed by atoms with Crippen molar-refractivity contribution in [1.29, 1.82) is 0 Å². The molecule has 1 saturated carbocycles. The molecule has 5 nitrogen and oxygen atoms in total. The number of methoxy groups -OCH3 is 1. The molecular formula is C15H22N2O3. The lowest BCUT2D eigenvalue weighted by atomic mass is 9.80. The topological polar surface area (TPSA) is 64.4 Å². The number of nitro benzene ring substituents is 1. The summed E-state index contributed by atoms with van der Waals surface area (Å²) in [5.74, 6) is 1.71. The van der Waals surface area contributed by atoms with Gasteiger partial charge in [-0.3, -0.25) is 10.1 Å². The van der Waals surface area contributed by atoms with Gasteiger partial charge in [-0.05, 0) is 36.8 Å². The van der Waals surface area contributed by atoms with Gasteiger partial charge in [0.15, 0.2) is 0 Å². The molecule has 5 heteroatoms. The van der Waals surface area contributed by atoms with Gasteiger partial charge in [0.1, 0.15) is 11.4 Å². The first-order valence-corrected chi connectivity index (χ1v) is 7.10. The molecule has 20 heavy (non-hydrogen) atoms. The zero-order valence-electron chi connectivity index (χ0n) is 12.3. The van der Waals surface area contributed by atoms with Crippen molar-refractivity contribution in [3.63, 3.8) is 0 Å². The molecule has 3 atom stereocenters. The monoisotopic (exact) mass is 278 g/mol. The van der Waals surface area contributed by atoms with E-state index in [2.05, 4.69) is 19.2 Å². The van der Waals surface area contributed by atoms with Crippen molar-refractivity contribution in [1.82, 2.24) is 0 Å². The van der Waals surface area contributed by atoms with Crippen LogP contribution in [0.5, 0.6) is 5.75 Å². The summed E-state index contributed by atoms with van der Waals surface area (Å²) in [7, 11) is 1.51. The highest BCUT2D eigenvalue weighted by molar-refractivity contribution is 5.64. The summed E-state index contributed by atoms with van der Waals surface area (Å²) in [4.78, 5) is 10.8. The van der Waals surface area contributed by atoms with E-state index in [4.69, 9.17) is 4.74 Å². The second kappa shape index (κ2) is 6.11. The maximum Gasteiger partial charge on any atom is 0.296 e. The van der Waals surface area contributed by atoms with Gasteiger partial charge >= 0.3 is 0 Å². The predicted molar refractivity (Wildman–Crippen MR) is 79.2 cm³/mol. The van der Waals surface area contributed by atoms with Crippen LogP contribution in [0, 0.1) is 22.0 Å². The average molecular weight is 278 g/mol. The van der Waals surface area contributed by atoms with Crippen LogP contribution in [0.15, 0.2) is 18.2 Å². The van der Waals surface area contributed by atoms with Crippen molar-refractivity contribution in [3.05, 3.63) is 28.3 Å². The van der Waals surface area contributed by atoms with E-state index in [1.165, 1.54) is 26.0 Å². The number of hydrogen-bond acceptors (Lipinski definition) is 4. The fourth-order valence-electron chi connectivity index (χ4n) is 2.84. The van der Waals surface area contributed by atoms with E-state index >= 15 is 0 Å². The molecule has 0 radical (unpaired) electrons. The SMILES string of the molecule is COc1ccc(NC2CC(C)CCC2C)c([N+](=O)[O-])c1. The molecule has 110 valence electrons. The summed E-state index contributed by atoms with van der Waals surface area (Å²) in [6.07, 6.45) is 3.47. The van der Waals surface area contributed by atoms with E-state index in [-0.39, 0.29) is 10.6 Å². The maximum absolute atomic E-state index is 11.2. The molecule has 2 rings (SSSR count). The van der Waals surface area contributed by atoms with Gasteiger partial charge in [-0.1, -0.05) is 20.3 Å². The Bertz CT molecular complexity index is 490. The normalized spacial score (nSPS) is 26.1. The Morgan fingerprint density at radius 1 is 1.35 bits per heavy atom. The van der Waals surface area contributed by atoms with E-state index < -0.39 is 0 Å². The second-order valence-corrected chi connectivity index (χ2v) is 5.79. The minimum atomic E-state index is -0.359. The molecule has 3 unspecified atom stereocenters. The summed E-state index contributed by atoms with van der Waals surface area (Å²) in [6, 6.07) is 5.26. The first kappa shape index (κ1) is 14.6. The first-order valence-electron chi connectivity index (χ1n) is 7.10. The summed E-state index contributed by atoms with van der Waals surface area (Å²) in [5.41, 5.74) is 0.663. The molecule has 0 heterocycles. The minimum absolute atomic E-state index is 0.0785. The molecule has 0 aliphatic heterocycles. The summed E-state index contributed by atoms with van der Waals surface area (Å²) < 4.78 is 5.06. The van der Waals surface area contributed by atoms with Crippen molar-refractivity contribution in [2.45, 2.75) is 39.2 Å². The third-order valence-electron chi connectivity index (χ3n) is 4.20. The number of nitro groups is 1. The van der Waals surface area contributed by atoms with Crippen molar-refractivity contribution < 1.29 is 9.66 Å². The highest BCUT2D eigenvalue weighted by Gasteiger charge is 2.27. The molecule has 0 amide bonds. The molecule has 1 aromatic rings. The van der Waals surface area contributed by atoms with Gasteiger partial charge in [0.05, 0.1) is 18.1 Å². The van der Waals surface area contributed by atoms with Gasteiger partial charge in [0, 0.05) is 6.04 Å². The molecular weight excluding hydrogens is 256 g/mol. The molecule has 1 fully saturated rings. The number of hydrogen-bond donors (Lipinski definition) is 1. The van der Waals surface area contributed by atoms with E-state index in [0.717, 1.165) is 6.42 Å². The Balaban J connectivity index is 2.21. The number of benzene rings is 1. The van der Waals surface area contributed by atoms with Crippen LogP contribution >= 0.6 is 0 Å². The van der Waals surface area contributed by atoms with Crippen LogP contribution in [-0.4, -0.2) is 18.1 Å². The predicted octanol–water partition coefficient (Wildman–Crippen LogP) is 3.84. The van der Waals surface area contributed by atoms with Crippen molar-refractivity contribution in [3.8, 4) is 5.75 Å². The highest BCUT2D eigenvalue weighted by Crippen LogP contribution is 2.34. The third kappa shape index (κ3) is 3.21. The number of rotatable bonds is 4. The van der Waals surface area contributed by atoms with Crippen LogP contribution in [0.25, 0.3) is 0 Å². The minimum Gasteiger partial charge on any atom is -0.496 e. The standard InChI is InChI=1S/C15H22N2O3/c1-10-4-5-11(2)14(8-10)16-13-7-6-12(20-3)9-15(13)17(18)19/h6-7,9-11,14,16H,4-5,8H2,1-3H3. The zero-order valence-corrected chi connectivity index (χ0v) is 12.3. The van der Waals surface area contributed by atoms with Gasteiger partial charge in [-0.15, -0.1) is 0 Å². The van der Waals surface area contributed by atoms with E-state index in [1.807, 2.05) is 0 Å². The smallest absolute Gasteiger partial charge is 0.296 e. The first-order chi connectivity index (χ1) is 9.51. The van der Waals surface area contributed by atoms with E-state index in [1.54, 1.807) is 12.1 Å². The lowest BCUT2D eigenvalue weighted by Gasteiger charge is -2.33. The largest absolute Gasteiger partial charge is 0.496 e. The third-order valence-corrected chi connectivity index (χ3v) is 4.20. The Kier molecular flexibility index (Phi) is 4.47. The van der Waals surface area contributed by atoms with Gasteiger partial charge in [-0.2, -0.15) is 0 Å². The molecule has 1 aromatic carbocycles. The van der Waals surface area contributed by atoms with Crippen molar-refractivity contribution >= 4 is 11.4 Å². The lowest BCUT2D eigenvalue weighted by molar-refractivity contribution is -0.384. The van der Waals surface area contributed by atoms with Crippen molar-refractivity contribution in [2.24, 2.45) is 11.8 Å². The van der Waals surface area contributed by atoms with Crippen molar-refractivity contribution in [2.75, 3.05) is 12.4 Å². The van der Waals surface area contributed by atoms with Gasteiger partial charge in [0.25, 0.3) is 5.69 Å². The summed E-state index contributed by atoms with van der Waals surface area (Å²) in [5, 5.41) is 14.6. The molecule has 1 N–H and O–H groups in total. The molecule has 0 saturated heterocycles. The van der Waals surface area contributed by atoms with E-state index in [0.29, 0.717) is 29.3 Å². The number of anilines is 1. The molecule has 0 spiro atoms. The summed E-state index contributed by atoms with van der Waals surface area (Å²) in [6.45, 7) is 4.45. The number of nitrogens with one attached hydrogen (secondary N) is 1. The fraction of sp³-hybridized carbons (Fsp3) is 0.600. The van der Waals surface area contributed by atoms with Gasteiger partial charge in [-0.25, -0.2) is 0 Å². The Hall–Kier alpha value is -1.78. The van der Waals surface area contributed by atoms with E-state index in [9.17, 15) is 10.1 Å². The summed E-state index contributed by atoms with van der Waals surface area (Å²) >= 11 is 0. The molecule has 1 aliphatic rings. The Morgan fingerprint density at radius 2 is 2.10 bits per heavy atom. The number of ether oxygens (including phenoxy) is 1. The Labute approximate surface area is 119 Å². The van der Waals surface area contributed by atoms with Crippen LogP contribution in [0.4, 0.5) is 11.4 Å². The highest BCUT2D eigenvalue weighted by atomic mass is 16.6. The average Bonchev–Trinajstić information content (AvgIpc) is 2.43. The maximum atomic E-state index is 11.2. The quantitative estimate of drug-likeness (QED) is 0.671. The van der Waals surface area contributed by atoms with Crippen LogP contribution in [-0.2, 0) is 0 Å².